The van der Waals surface area contributed by atoms with Crippen LogP contribution in [0.1, 0.15) is 0 Å². The van der Waals surface area contributed by atoms with Gasteiger partial charge in [0.1, 0.15) is 6.29 Å². The van der Waals surface area contributed by atoms with E-state index in [2.05, 4.69) is 0 Å². The first-order valence-electron chi connectivity index (χ1n) is 1.65. The van der Waals surface area contributed by atoms with Gasteiger partial charge >= 0.3 is 0 Å². The highest BCUT2D eigenvalue weighted by molar-refractivity contribution is 7.88. The molecule has 0 spiro atoms. The molecule has 0 atom stereocenters. The normalized spacial score (nSPS) is 29.3. The summed E-state index contributed by atoms with van der Waals surface area (Å²) in [7, 11) is -3.16. The van der Waals surface area contributed by atoms with E-state index < -0.39 is 16.5 Å². The molecule has 0 radical (unpaired) electrons. The van der Waals surface area contributed by atoms with Crippen molar-refractivity contribution >= 4 is 10.2 Å². The molecule has 1 aliphatic rings. The number of nitrogens with two attached hydrogens (primary N) is 1. The highest BCUT2D eigenvalue weighted by Crippen LogP contribution is 1.87. The van der Waals surface area contributed by atoms with Crippen LogP contribution in [0.4, 0.5) is 0 Å². The zero-order valence-corrected chi connectivity index (χ0v) is 4.20. The molecular formula is CH5N3O2S. The maximum absolute atomic E-state index is 10.00. The fourth-order valence-corrected chi connectivity index (χ4v) is 1.00. The minimum atomic E-state index is -3.16. The van der Waals surface area contributed by atoms with Crippen LogP contribution in [0.25, 0.3) is 0 Å². The molecule has 1 rings (SSSR count). The van der Waals surface area contributed by atoms with Crippen molar-refractivity contribution in [2.45, 2.75) is 6.29 Å². The molecule has 1 heterocycles. The molecule has 6 heteroatoms. The average Bonchev–Trinajstić information content (AvgIpc) is 1.27. The second-order valence-corrected chi connectivity index (χ2v) is 2.70. The van der Waals surface area contributed by atoms with Gasteiger partial charge in [0.15, 0.2) is 0 Å². The van der Waals surface area contributed by atoms with Crippen LogP contribution in [0, 0.1) is 0 Å². The van der Waals surface area contributed by atoms with E-state index in [0.29, 0.717) is 0 Å². The van der Waals surface area contributed by atoms with Crippen LogP contribution >= 0.6 is 0 Å². The molecule has 0 bridgehead atoms. The SMILES string of the molecule is NC1NS(=O)(=O)N1. The predicted octanol–water partition coefficient (Wildman–Crippen LogP) is -2.33. The monoisotopic (exact) mass is 123 g/mol. The van der Waals surface area contributed by atoms with Crippen LogP contribution in [0.5, 0.6) is 0 Å². The van der Waals surface area contributed by atoms with Crippen molar-refractivity contribution in [2.24, 2.45) is 5.73 Å². The molecule has 0 aromatic rings. The Morgan fingerprint density at radius 1 is 1.43 bits per heavy atom. The molecule has 1 saturated heterocycles. The summed E-state index contributed by atoms with van der Waals surface area (Å²) in [5.41, 5.74) is 4.95. The second-order valence-electron chi connectivity index (χ2n) is 1.22. The van der Waals surface area contributed by atoms with Gasteiger partial charge < -0.3 is 5.73 Å². The van der Waals surface area contributed by atoms with Crippen molar-refractivity contribution < 1.29 is 8.42 Å². The van der Waals surface area contributed by atoms with Crippen molar-refractivity contribution in [3.8, 4) is 0 Å². The van der Waals surface area contributed by atoms with E-state index in [4.69, 9.17) is 5.73 Å². The highest BCUT2D eigenvalue weighted by Gasteiger charge is 2.26. The van der Waals surface area contributed by atoms with E-state index in [0.717, 1.165) is 0 Å². The molecule has 0 aromatic carbocycles. The molecule has 1 aliphatic heterocycles. The molecule has 1 fully saturated rings. The molecule has 7 heavy (non-hydrogen) atoms. The average molecular weight is 123 g/mol. The number of rotatable bonds is 0. The van der Waals surface area contributed by atoms with Gasteiger partial charge in [0.05, 0.1) is 0 Å². The minimum absolute atomic E-state index is 0.579. The van der Waals surface area contributed by atoms with E-state index >= 15 is 0 Å². The van der Waals surface area contributed by atoms with Gasteiger partial charge in [-0.05, 0) is 0 Å². The van der Waals surface area contributed by atoms with Gasteiger partial charge in [-0.25, -0.2) is 0 Å². The molecule has 4 N–H and O–H groups in total. The van der Waals surface area contributed by atoms with Gasteiger partial charge in [-0.15, -0.1) is 0 Å². The van der Waals surface area contributed by atoms with E-state index in [1.54, 1.807) is 0 Å². The Morgan fingerprint density at radius 2 is 1.86 bits per heavy atom. The Labute approximate surface area is 41.1 Å². The lowest BCUT2D eigenvalue weighted by atomic mass is 11.0. The Morgan fingerprint density at radius 3 is 1.86 bits per heavy atom. The highest BCUT2D eigenvalue weighted by atomic mass is 32.2. The lowest BCUT2D eigenvalue weighted by Crippen LogP contribution is -2.67. The Balaban J connectivity index is 2.61. The largest absolute Gasteiger partial charge is 0.302 e. The standard InChI is InChI=1S/CH5N3O2S/c2-1-3-7(5,6)4-1/h1,3-4H,2H2. The maximum atomic E-state index is 10.00. The fourth-order valence-electron chi connectivity index (χ4n) is 0.334. The topological polar surface area (TPSA) is 84.2 Å². The van der Waals surface area contributed by atoms with E-state index in [-0.39, 0.29) is 0 Å². The number of hydrogen-bond donors (Lipinski definition) is 3. The maximum Gasteiger partial charge on any atom is 0.281 e. The van der Waals surface area contributed by atoms with Crippen molar-refractivity contribution in [3.63, 3.8) is 0 Å². The molecule has 5 nitrogen and oxygen atoms in total. The number of nitrogens with one attached hydrogen (secondary N) is 2. The van der Waals surface area contributed by atoms with E-state index in [1.807, 2.05) is 9.44 Å². The first-order chi connectivity index (χ1) is 3.10. The zero-order valence-electron chi connectivity index (χ0n) is 3.38. The van der Waals surface area contributed by atoms with Gasteiger partial charge in [-0.3, -0.25) is 0 Å². The molecule has 42 valence electrons. The third-order valence-corrected chi connectivity index (χ3v) is 1.69. The first kappa shape index (κ1) is 4.98. The summed E-state index contributed by atoms with van der Waals surface area (Å²) < 4.78 is 24.0. The molecular weight excluding hydrogens is 118 g/mol. The van der Waals surface area contributed by atoms with Crippen molar-refractivity contribution in [1.82, 2.24) is 9.44 Å². The van der Waals surface area contributed by atoms with Crippen LogP contribution in [0.3, 0.4) is 0 Å². The van der Waals surface area contributed by atoms with Gasteiger partial charge in [-0.1, -0.05) is 0 Å². The summed E-state index contributed by atoms with van der Waals surface area (Å²) in [4.78, 5) is 0. The van der Waals surface area contributed by atoms with Crippen molar-refractivity contribution in [1.29, 1.82) is 0 Å². The molecule has 0 aliphatic carbocycles. The molecule has 0 aromatic heterocycles. The van der Waals surface area contributed by atoms with Crippen LogP contribution in [0.2, 0.25) is 0 Å². The van der Waals surface area contributed by atoms with Crippen LogP contribution < -0.4 is 15.2 Å². The summed E-state index contributed by atoms with van der Waals surface area (Å²) >= 11 is 0. The van der Waals surface area contributed by atoms with Gasteiger partial charge in [-0.2, -0.15) is 17.9 Å². The smallest absolute Gasteiger partial charge is 0.281 e. The summed E-state index contributed by atoms with van der Waals surface area (Å²) in [5.74, 6) is 0. The summed E-state index contributed by atoms with van der Waals surface area (Å²) in [6.45, 7) is 0. The summed E-state index contributed by atoms with van der Waals surface area (Å²) in [5, 5.41) is 0. The Bertz CT molecular complexity index is 148. The first-order valence-corrected chi connectivity index (χ1v) is 3.14. The van der Waals surface area contributed by atoms with Crippen LogP contribution in [-0.4, -0.2) is 14.7 Å². The van der Waals surface area contributed by atoms with Crippen molar-refractivity contribution in [3.05, 3.63) is 0 Å². The summed E-state index contributed by atoms with van der Waals surface area (Å²) in [6, 6.07) is 0. The number of hydrogen-bond acceptors (Lipinski definition) is 3. The Hall–Kier alpha value is -0.170. The minimum Gasteiger partial charge on any atom is -0.302 e. The third kappa shape index (κ3) is 0.885. The molecule has 0 unspecified atom stereocenters. The zero-order chi connectivity index (χ0) is 5.49. The predicted molar refractivity (Wildman–Crippen MR) is 23.2 cm³/mol. The Kier molecular flexibility index (Phi) is 0.824. The van der Waals surface area contributed by atoms with Crippen LogP contribution in [-0.2, 0) is 10.2 Å². The third-order valence-electron chi connectivity index (χ3n) is 0.564. The fraction of sp³-hybridized carbons (Fsp3) is 1.00. The van der Waals surface area contributed by atoms with E-state index in [1.165, 1.54) is 0 Å². The van der Waals surface area contributed by atoms with Crippen molar-refractivity contribution in [2.75, 3.05) is 0 Å². The lowest BCUT2D eigenvalue weighted by Gasteiger charge is -2.23. The second kappa shape index (κ2) is 1.16. The lowest BCUT2D eigenvalue weighted by molar-refractivity contribution is 0.466. The van der Waals surface area contributed by atoms with Gasteiger partial charge in [0.25, 0.3) is 10.2 Å². The summed E-state index contributed by atoms with van der Waals surface area (Å²) in [6.07, 6.45) is -0.579. The van der Waals surface area contributed by atoms with Gasteiger partial charge in [0.2, 0.25) is 0 Å². The van der Waals surface area contributed by atoms with E-state index in [9.17, 15) is 8.42 Å². The van der Waals surface area contributed by atoms with Crippen LogP contribution in [0.15, 0.2) is 0 Å². The quantitative estimate of drug-likeness (QED) is 0.337. The molecule has 0 saturated carbocycles. The molecule has 0 amide bonds. The van der Waals surface area contributed by atoms with Gasteiger partial charge in [0, 0.05) is 0 Å².